The van der Waals surface area contributed by atoms with Gasteiger partial charge < -0.3 is 4.74 Å². The molecule has 0 fully saturated rings. The molecule has 0 aliphatic carbocycles. The number of carbonyl (C=O) groups excluding carboxylic acids is 2. The van der Waals surface area contributed by atoms with Crippen molar-refractivity contribution < 1.29 is 14.3 Å². The topological polar surface area (TPSA) is 59.5 Å². The Kier molecular flexibility index (Phi) is 6.73. The molecule has 0 saturated carbocycles. The van der Waals surface area contributed by atoms with E-state index < -0.39 is 5.97 Å². The molecule has 0 bridgehead atoms. The van der Waals surface area contributed by atoms with Gasteiger partial charge in [-0.2, -0.15) is 0 Å². The van der Waals surface area contributed by atoms with Crippen molar-refractivity contribution in [2.75, 3.05) is 4.90 Å². The lowest BCUT2D eigenvalue weighted by atomic mass is 10.1. The molecule has 2 aromatic heterocycles. The number of carbonyl (C=O) groups is 2. The molecule has 3 rings (SSSR count). The second-order valence-corrected chi connectivity index (χ2v) is 7.77. The molecule has 0 saturated heterocycles. The molecule has 0 N–H and O–H groups in total. The first-order valence-corrected chi connectivity index (χ1v) is 10.5. The normalized spacial score (nSPS) is 10.9. The number of thiazole rings is 1. The lowest BCUT2D eigenvalue weighted by molar-refractivity contribution is -0.139. The van der Waals surface area contributed by atoms with Gasteiger partial charge in [-0.25, -0.2) is 9.78 Å². The Bertz CT molecular complexity index is 960. The minimum Gasteiger partial charge on any atom is -0.456 e. The molecule has 3 aromatic rings. The summed E-state index contributed by atoms with van der Waals surface area (Å²) >= 11 is 2.89. The molecule has 0 unspecified atom stereocenters. The van der Waals surface area contributed by atoms with Crippen molar-refractivity contribution in [3.63, 3.8) is 0 Å². The Morgan fingerprint density at radius 2 is 1.96 bits per heavy atom. The molecule has 0 atom stereocenters. The summed E-state index contributed by atoms with van der Waals surface area (Å²) in [6, 6.07) is 11.7. The predicted molar refractivity (Wildman–Crippen MR) is 114 cm³/mol. The Hall–Kier alpha value is -2.77. The number of aromatic nitrogens is 1. The van der Waals surface area contributed by atoms with Crippen molar-refractivity contribution in [2.24, 2.45) is 0 Å². The molecule has 0 aliphatic heterocycles. The first-order chi connectivity index (χ1) is 13.6. The molecule has 28 heavy (non-hydrogen) atoms. The Morgan fingerprint density at radius 3 is 2.61 bits per heavy atom. The highest BCUT2D eigenvalue weighted by Crippen LogP contribution is 2.29. The lowest BCUT2D eigenvalue weighted by Crippen LogP contribution is -2.22. The zero-order chi connectivity index (χ0) is 19.9. The van der Waals surface area contributed by atoms with E-state index in [-0.39, 0.29) is 12.5 Å². The first kappa shape index (κ1) is 20.0. The van der Waals surface area contributed by atoms with Gasteiger partial charge in [-0.05, 0) is 41.6 Å². The zero-order valence-electron chi connectivity index (χ0n) is 15.6. The van der Waals surface area contributed by atoms with E-state index in [1.54, 1.807) is 27.7 Å². The van der Waals surface area contributed by atoms with Crippen LogP contribution in [0.5, 0.6) is 0 Å². The van der Waals surface area contributed by atoms with Crippen LogP contribution in [0.2, 0.25) is 0 Å². The molecular formula is C21H20N2O3S2. The fraction of sp³-hybridized carbons (Fsp3) is 0.190. The monoisotopic (exact) mass is 412 g/mol. The van der Waals surface area contributed by atoms with Crippen LogP contribution in [-0.2, 0) is 27.4 Å². The summed E-state index contributed by atoms with van der Waals surface area (Å²) in [5.41, 5.74) is 2.57. The van der Waals surface area contributed by atoms with E-state index in [0.717, 1.165) is 17.0 Å². The standard InChI is InChI=1S/C21H20N2O3S2/c1-3-16-6-8-18(9-7-16)23(15(2)24)21-22-17(14-28-21)13-26-20(25)11-10-19-5-4-12-27-19/h4-12,14H,3,13H2,1-2H3/b11-10+. The molecule has 5 nitrogen and oxygen atoms in total. The second-order valence-electron chi connectivity index (χ2n) is 5.95. The molecule has 7 heteroatoms. The third-order valence-electron chi connectivity index (χ3n) is 3.94. The average molecular weight is 413 g/mol. The molecule has 0 radical (unpaired) electrons. The van der Waals surface area contributed by atoms with Gasteiger partial charge in [-0.1, -0.05) is 25.1 Å². The third kappa shape index (κ3) is 5.15. The Morgan fingerprint density at radius 1 is 1.18 bits per heavy atom. The minimum absolute atomic E-state index is 0.0601. The summed E-state index contributed by atoms with van der Waals surface area (Å²) in [5, 5.41) is 4.29. The summed E-state index contributed by atoms with van der Waals surface area (Å²) in [4.78, 5) is 31.0. The molecule has 0 aliphatic rings. The van der Waals surface area contributed by atoms with Crippen LogP contribution in [-0.4, -0.2) is 16.9 Å². The predicted octanol–water partition coefficient (Wildman–Crippen LogP) is 5.21. The Labute approximate surface area is 171 Å². The maximum atomic E-state index is 12.2. The van der Waals surface area contributed by atoms with Crippen LogP contribution in [0.15, 0.2) is 53.2 Å². The van der Waals surface area contributed by atoms with E-state index in [4.69, 9.17) is 4.74 Å². The fourth-order valence-corrected chi connectivity index (χ4v) is 3.99. The van der Waals surface area contributed by atoms with Gasteiger partial charge in [0.1, 0.15) is 6.61 Å². The van der Waals surface area contributed by atoms with Crippen LogP contribution in [0.3, 0.4) is 0 Å². The number of thiophene rings is 1. The van der Waals surface area contributed by atoms with Crippen molar-refractivity contribution >= 4 is 51.4 Å². The number of aryl methyl sites for hydroxylation is 1. The lowest BCUT2D eigenvalue weighted by Gasteiger charge is -2.18. The van der Waals surface area contributed by atoms with Crippen LogP contribution in [0.4, 0.5) is 10.8 Å². The summed E-state index contributed by atoms with van der Waals surface area (Å²) in [6.07, 6.45) is 4.06. The van der Waals surface area contributed by atoms with E-state index >= 15 is 0 Å². The van der Waals surface area contributed by atoms with Gasteiger partial charge in [0.2, 0.25) is 5.91 Å². The SMILES string of the molecule is CCc1ccc(N(C(C)=O)c2nc(COC(=O)/C=C/c3cccs3)cs2)cc1. The molecule has 144 valence electrons. The molecule has 2 heterocycles. The average Bonchev–Trinajstić information content (AvgIpc) is 3.37. The highest BCUT2D eigenvalue weighted by molar-refractivity contribution is 7.14. The van der Waals surface area contributed by atoms with Crippen LogP contribution in [0, 0.1) is 0 Å². The van der Waals surface area contributed by atoms with Gasteiger partial charge in [-0.3, -0.25) is 9.69 Å². The summed E-state index contributed by atoms with van der Waals surface area (Å²) < 4.78 is 5.24. The fourth-order valence-electron chi connectivity index (χ4n) is 2.50. The number of esters is 1. The zero-order valence-corrected chi connectivity index (χ0v) is 17.3. The van der Waals surface area contributed by atoms with Gasteiger partial charge in [0.15, 0.2) is 5.13 Å². The van der Waals surface area contributed by atoms with Gasteiger partial charge in [0.25, 0.3) is 0 Å². The van der Waals surface area contributed by atoms with Gasteiger partial charge >= 0.3 is 5.97 Å². The van der Waals surface area contributed by atoms with E-state index in [2.05, 4.69) is 11.9 Å². The molecule has 1 amide bonds. The molecule has 0 spiro atoms. The summed E-state index contributed by atoms with van der Waals surface area (Å²) in [5.74, 6) is -0.553. The quantitative estimate of drug-likeness (QED) is 0.395. The smallest absolute Gasteiger partial charge is 0.331 e. The maximum Gasteiger partial charge on any atom is 0.331 e. The first-order valence-electron chi connectivity index (χ1n) is 8.79. The second kappa shape index (κ2) is 9.43. The highest BCUT2D eigenvalue weighted by atomic mass is 32.1. The van der Waals surface area contributed by atoms with Crippen molar-refractivity contribution in [3.05, 3.63) is 69.4 Å². The van der Waals surface area contributed by atoms with Crippen LogP contribution in [0.1, 0.15) is 30.0 Å². The number of nitrogens with zero attached hydrogens (tertiary/aromatic N) is 2. The summed E-state index contributed by atoms with van der Waals surface area (Å²) in [6.45, 7) is 3.65. The van der Waals surface area contributed by atoms with Crippen LogP contribution < -0.4 is 4.90 Å². The molecular weight excluding hydrogens is 392 g/mol. The highest BCUT2D eigenvalue weighted by Gasteiger charge is 2.18. The maximum absolute atomic E-state index is 12.2. The van der Waals surface area contributed by atoms with Crippen molar-refractivity contribution in [3.8, 4) is 0 Å². The van der Waals surface area contributed by atoms with Crippen molar-refractivity contribution in [2.45, 2.75) is 26.9 Å². The van der Waals surface area contributed by atoms with Crippen LogP contribution in [0.25, 0.3) is 6.08 Å². The number of hydrogen-bond donors (Lipinski definition) is 0. The number of anilines is 2. The third-order valence-corrected chi connectivity index (χ3v) is 5.65. The number of amides is 1. The van der Waals surface area contributed by atoms with Gasteiger partial charge in [-0.15, -0.1) is 22.7 Å². The number of benzene rings is 1. The van der Waals surface area contributed by atoms with E-state index in [1.165, 1.54) is 29.9 Å². The summed E-state index contributed by atoms with van der Waals surface area (Å²) in [7, 11) is 0. The van der Waals surface area contributed by atoms with Gasteiger partial charge in [0, 0.05) is 23.3 Å². The Balaban J connectivity index is 1.65. The number of hydrogen-bond acceptors (Lipinski definition) is 6. The van der Waals surface area contributed by atoms with Crippen molar-refractivity contribution in [1.82, 2.24) is 4.98 Å². The van der Waals surface area contributed by atoms with E-state index in [0.29, 0.717) is 10.8 Å². The van der Waals surface area contributed by atoms with Crippen molar-refractivity contribution in [1.29, 1.82) is 0 Å². The number of ether oxygens (including phenoxy) is 1. The largest absolute Gasteiger partial charge is 0.456 e. The van der Waals surface area contributed by atoms with Crippen LogP contribution >= 0.6 is 22.7 Å². The van der Waals surface area contributed by atoms with Gasteiger partial charge in [0.05, 0.1) is 11.4 Å². The number of rotatable bonds is 7. The molecule has 1 aromatic carbocycles. The van der Waals surface area contributed by atoms with E-state index in [1.807, 2.05) is 41.8 Å². The van der Waals surface area contributed by atoms with E-state index in [9.17, 15) is 9.59 Å². The minimum atomic E-state index is -0.429.